The molecule has 0 saturated carbocycles. The molecule has 1 aromatic heterocycles. The maximum absolute atomic E-state index is 11.9. The van der Waals surface area contributed by atoms with Gasteiger partial charge < -0.3 is 14.8 Å². The second-order valence-electron chi connectivity index (χ2n) is 3.73. The molecule has 0 aliphatic rings. The number of aryl methyl sites for hydroxylation is 1. The second-order valence-corrected chi connectivity index (χ2v) is 3.73. The Labute approximate surface area is 110 Å². The van der Waals surface area contributed by atoms with Crippen LogP contribution >= 0.6 is 12.4 Å². The molecule has 1 heterocycles. The lowest BCUT2D eigenvalue weighted by Gasteiger charge is -2.05. The van der Waals surface area contributed by atoms with E-state index in [2.05, 4.69) is 4.98 Å². The molecule has 1 aromatic carbocycles. The molecular weight excluding hydrogens is 256 g/mol. The summed E-state index contributed by atoms with van der Waals surface area (Å²) in [6, 6.07) is 4.02. The van der Waals surface area contributed by atoms with Crippen LogP contribution < -0.4 is 0 Å². The fourth-order valence-corrected chi connectivity index (χ4v) is 1.51. The molecule has 0 amide bonds. The summed E-state index contributed by atoms with van der Waals surface area (Å²) < 4.78 is 1.71. The first-order chi connectivity index (χ1) is 8.08. The smallest absolute Gasteiger partial charge is 0.182 e. The fourth-order valence-electron chi connectivity index (χ4n) is 1.51. The average Bonchev–Trinajstić information content (AvgIpc) is 2.68. The summed E-state index contributed by atoms with van der Waals surface area (Å²) in [4.78, 5) is 15.9. The van der Waals surface area contributed by atoms with Gasteiger partial charge in [-0.3, -0.25) is 4.79 Å². The van der Waals surface area contributed by atoms with E-state index in [1.165, 1.54) is 18.2 Å². The van der Waals surface area contributed by atoms with Gasteiger partial charge in [0.05, 0.1) is 6.54 Å². The molecule has 2 rings (SSSR count). The van der Waals surface area contributed by atoms with Gasteiger partial charge in [-0.05, 0) is 25.1 Å². The van der Waals surface area contributed by atoms with Crippen molar-refractivity contribution in [3.8, 4) is 11.5 Å². The Morgan fingerprint density at radius 2 is 2.06 bits per heavy atom. The monoisotopic (exact) mass is 268 g/mol. The fraction of sp³-hybridized carbons (Fsp3) is 0.167. The third kappa shape index (κ3) is 2.81. The van der Waals surface area contributed by atoms with Crippen LogP contribution in [0.25, 0.3) is 0 Å². The van der Waals surface area contributed by atoms with Gasteiger partial charge in [-0.25, -0.2) is 4.98 Å². The Kier molecular flexibility index (Phi) is 4.33. The van der Waals surface area contributed by atoms with E-state index in [0.717, 1.165) is 5.82 Å². The number of Topliss-reactive ketones (excluding diaryl/α,β-unsaturated/α-hetero) is 1. The molecule has 0 spiro atoms. The number of benzene rings is 1. The van der Waals surface area contributed by atoms with Crippen molar-refractivity contribution in [3.63, 3.8) is 0 Å². The van der Waals surface area contributed by atoms with E-state index >= 15 is 0 Å². The predicted molar refractivity (Wildman–Crippen MR) is 68.3 cm³/mol. The van der Waals surface area contributed by atoms with Gasteiger partial charge in [-0.1, -0.05) is 0 Å². The summed E-state index contributed by atoms with van der Waals surface area (Å²) in [5.74, 6) is 0.0707. The number of phenolic OH excluding ortho intramolecular Hbond substituents is 2. The highest BCUT2D eigenvalue weighted by atomic mass is 35.5. The number of hydrogen-bond acceptors (Lipinski definition) is 4. The molecule has 96 valence electrons. The SMILES string of the molecule is Cc1nccn1CC(=O)c1ccc(O)c(O)c1.Cl. The van der Waals surface area contributed by atoms with Crippen LogP contribution in [0.3, 0.4) is 0 Å². The third-order valence-electron chi connectivity index (χ3n) is 2.53. The molecule has 0 unspecified atom stereocenters. The quantitative estimate of drug-likeness (QED) is 0.659. The summed E-state index contributed by atoms with van der Waals surface area (Å²) in [5.41, 5.74) is 0.355. The number of hydrogen-bond donors (Lipinski definition) is 2. The lowest BCUT2D eigenvalue weighted by Crippen LogP contribution is -2.10. The molecule has 0 fully saturated rings. The van der Waals surface area contributed by atoms with Crippen LogP contribution in [0, 0.1) is 6.92 Å². The summed E-state index contributed by atoms with van der Waals surface area (Å²) in [7, 11) is 0. The predicted octanol–water partition coefficient (Wildman–Crippen LogP) is 1.91. The lowest BCUT2D eigenvalue weighted by molar-refractivity contribution is 0.0971. The number of ketones is 1. The van der Waals surface area contributed by atoms with E-state index in [0.29, 0.717) is 5.56 Å². The highest BCUT2D eigenvalue weighted by Gasteiger charge is 2.10. The minimum absolute atomic E-state index is 0. The minimum Gasteiger partial charge on any atom is -0.504 e. The molecular formula is C12H13ClN2O3. The normalized spacial score (nSPS) is 9.83. The second kappa shape index (κ2) is 5.55. The van der Waals surface area contributed by atoms with Crippen LogP contribution in [-0.4, -0.2) is 25.5 Å². The van der Waals surface area contributed by atoms with Crippen molar-refractivity contribution in [1.29, 1.82) is 0 Å². The highest BCUT2D eigenvalue weighted by molar-refractivity contribution is 5.96. The third-order valence-corrected chi connectivity index (χ3v) is 2.53. The van der Waals surface area contributed by atoms with Crippen molar-refractivity contribution in [2.24, 2.45) is 0 Å². The van der Waals surface area contributed by atoms with E-state index in [4.69, 9.17) is 5.11 Å². The Bertz CT molecular complexity index is 566. The van der Waals surface area contributed by atoms with Crippen LogP contribution in [0.5, 0.6) is 11.5 Å². The number of nitrogens with zero attached hydrogens (tertiary/aromatic N) is 2. The Balaban J connectivity index is 0.00000162. The zero-order valence-electron chi connectivity index (χ0n) is 9.70. The Morgan fingerprint density at radius 3 is 2.61 bits per heavy atom. The van der Waals surface area contributed by atoms with Gasteiger partial charge >= 0.3 is 0 Å². The number of carbonyl (C=O) groups is 1. The van der Waals surface area contributed by atoms with Crippen molar-refractivity contribution in [2.45, 2.75) is 13.5 Å². The molecule has 0 aliphatic heterocycles. The van der Waals surface area contributed by atoms with Crippen LogP contribution in [0.2, 0.25) is 0 Å². The van der Waals surface area contributed by atoms with Crippen LogP contribution in [0.1, 0.15) is 16.2 Å². The van der Waals surface area contributed by atoms with Gasteiger partial charge in [-0.2, -0.15) is 0 Å². The van der Waals surface area contributed by atoms with E-state index in [1.54, 1.807) is 17.0 Å². The van der Waals surface area contributed by atoms with E-state index in [-0.39, 0.29) is 36.2 Å². The van der Waals surface area contributed by atoms with Gasteiger partial charge in [0.1, 0.15) is 5.82 Å². The van der Waals surface area contributed by atoms with E-state index < -0.39 is 0 Å². The summed E-state index contributed by atoms with van der Waals surface area (Å²) >= 11 is 0. The first-order valence-corrected chi connectivity index (χ1v) is 5.11. The first kappa shape index (κ1) is 14.1. The van der Waals surface area contributed by atoms with E-state index in [9.17, 15) is 9.90 Å². The van der Waals surface area contributed by atoms with Crippen LogP contribution in [-0.2, 0) is 6.54 Å². The van der Waals surface area contributed by atoms with Crippen molar-refractivity contribution in [2.75, 3.05) is 0 Å². The molecule has 5 nitrogen and oxygen atoms in total. The molecule has 0 atom stereocenters. The molecule has 0 bridgehead atoms. The van der Waals surface area contributed by atoms with Gasteiger partial charge in [0.15, 0.2) is 17.3 Å². The lowest BCUT2D eigenvalue weighted by atomic mass is 10.1. The number of rotatable bonds is 3. The number of halogens is 1. The number of phenols is 2. The highest BCUT2D eigenvalue weighted by Crippen LogP contribution is 2.25. The molecule has 0 radical (unpaired) electrons. The van der Waals surface area contributed by atoms with Gasteiger partial charge in [0.25, 0.3) is 0 Å². The zero-order valence-corrected chi connectivity index (χ0v) is 10.5. The van der Waals surface area contributed by atoms with Crippen molar-refractivity contribution < 1.29 is 15.0 Å². The van der Waals surface area contributed by atoms with Gasteiger partial charge in [-0.15, -0.1) is 12.4 Å². The summed E-state index contributed by atoms with van der Waals surface area (Å²) in [5, 5.41) is 18.5. The summed E-state index contributed by atoms with van der Waals surface area (Å²) in [6.07, 6.45) is 3.34. The molecule has 2 N–H and O–H groups in total. The molecule has 0 saturated heterocycles. The number of imidazole rings is 1. The van der Waals surface area contributed by atoms with Gasteiger partial charge in [0, 0.05) is 18.0 Å². The molecule has 0 aliphatic carbocycles. The van der Waals surface area contributed by atoms with Crippen LogP contribution in [0.4, 0.5) is 0 Å². The van der Waals surface area contributed by atoms with Crippen molar-refractivity contribution in [1.82, 2.24) is 9.55 Å². The van der Waals surface area contributed by atoms with E-state index in [1.807, 2.05) is 6.92 Å². The topological polar surface area (TPSA) is 75.4 Å². The van der Waals surface area contributed by atoms with Crippen molar-refractivity contribution >= 4 is 18.2 Å². The first-order valence-electron chi connectivity index (χ1n) is 5.11. The van der Waals surface area contributed by atoms with Gasteiger partial charge in [0.2, 0.25) is 0 Å². The maximum Gasteiger partial charge on any atom is 0.182 e. The molecule has 2 aromatic rings. The number of aromatic nitrogens is 2. The minimum atomic E-state index is -0.293. The van der Waals surface area contributed by atoms with Crippen molar-refractivity contribution in [3.05, 3.63) is 42.0 Å². The Hall–Kier alpha value is -2.01. The zero-order chi connectivity index (χ0) is 12.4. The summed E-state index contributed by atoms with van der Waals surface area (Å²) in [6.45, 7) is 1.97. The molecule has 6 heteroatoms. The van der Waals surface area contributed by atoms with Crippen LogP contribution in [0.15, 0.2) is 30.6 Å². The average molecular weight is 269 g/mol. The number of carbonyl (C=O) groups excluding carboxylic acids is 1. The maximum atomic E-state index is 11.9. The Morgan fingerprint density at radius 1 is 1.33 bits per heavy atom. The standard InChI is InChI=1S/C12H12N2O3.ClH/c1-8-13-4-5-14(8)7-12(17)9-2-3-10(15)11(16)6-9;/h2-6,15-16H,7H2,1H3;1H. The number of aromatic hydroxyl groups is 2. The molecule has 18 heavy (non-hydrogen) atoms. The largest absolute Gasteiger partial charge is 0.504 e.